The lowest BCUT2D eigenvalue weighted by Gasteiger charge is -2.35. The molecule has 8 N–H and O–H groups in total. The van der Waals surface area contributed by atoms with Gasteiger partial charge in [-0.05, 0) is 61.4 Å². The van der Waals surface area contributed by atoms with Crippen molar-refractivity contribution < 1.29 is 51.9 Å². The summed E-state index contributed by atoms with van der Waals surface area (Å²) in [5.74, 6) is -8.68. The number of hydrogen-bond donors (Lipinski definition) is 7. The van der Waals surface area contributed by atoms with Crippen molar-refractivity contribution in [2.24, 2.45) is 11.7 Å². The Kier molecular flexibility index (Phi) is 17.0. The molecule has 1 saturated heterocycles. The number of ketones is 1. The fourth-order valence-corrected chi connectivity index (χ4v) is 9.45. The molecule has 1 aliphatic heterocycles. The number of nitrogens with two attached hydrogens (primary N) is 1. The smallest absolute Gasteiger partial charge is 0.336 e. The molecule has 2 fully saturated rings. The van der Waals surface area contributed by atoms with Gasteiger partial charge in [-0.1, -0.05) is 104 Å². The van der Waals surface area contributed by atoms with Gasteiger partial charge in [-0.3, -0.25) is 33.6 Å². The number of hydrogen-bond acceptors (Lipinski definition) is 10. The minimum absolute atomic E-state index is 0.0526. The van der Waals surface area contributed by atoms with Gasteiger partial charge in [0.05, 0.1) is 38.7 Å². The second-order valence-corrected chi connectivity index (χ2v) is 18.1. The van der Waals surface area contributed by atoms with E-state index in [1.807, 2.05) is 0 Å². The number of halogens is 2. The SMILES string of the molecule is CCCC(NC(=O)C1CC(NS(=O)(=O)c2ccccc2)CN1C(=O)C(NC(=O)c1cc(Cl)c(Cl)cc1C(=O)O)C1CCCCC1)C(=O)C(=O)NCC(=O)NC(C(N)=O)c1ccccc1. The van der Waals surface area contributed by atoms with Crippen LogP contribution >= 0.6 is 23.2 Å². The number of Topliss-reactive ketones (excluding diaryl/α,β-unsaturated/α-hetero) is 1. The first kappa shape index (κ1) is 49.1. The van der Waals surface area contributed by atoms with E-state index in [1.54, 1.807) is 43.3 Å². The van der Waals surface area contributed by atoms with Gasteiger partial charge in [0.2, 0.25) is 39.4 Å². The highest BCUT2D eigenvalue weighted by Crippen LogP contribution is 2.31. The van der Waals surface area contributed by atoms with E-state index < -0.39 is 105 Å². The molecular weight excluding hydrogens is 893 g/mol. The van der Waals surface area contributed by atoms with Gasteiger partial charge in [0, 0.05) is 12.6 Å². The Morgan fingerprint density at radius 2 is 1.45 bits per heavy atom. The molecule has 1 aliphatic carbocycles. The van der Waals surface area contributed by atoms with Crippen LogP contribution < -0.4 is 31.7 Å². The van der Waals surface area contributed by atoms with Crippen molar-refractivity contribution in [2.45, 2.75) is 93.4 Å². The molecule has 18 nitrogen and oxygen atoms in total. The van der Waals surface area contributed by atoms with Crippen LogP contribution in [-0.4, -0.2) is 103 Å². The summed E-state index contributed by atoms with van der Waals surface area (Å²) in [5, 5.41) is 19.5. The van der Waals surface area contributed by atoms with E-state index in [0.29, 0.717) is 31.2 Å². The topological polar surface area (TPSA) is 280 Å². The van der Waals surface area contributed by atoms with Crippen molar-refractivity contribution in [3.63, 3.8) is 0 Å². The van der Waals surface area contributed by atoms with Crippen molar-refractivity contribution in [2.75, 3.05) is 13.1 Å². The van der Waals surface area contributed by atoms with Crippen LogP contribution in [0, 0.1) is 5.92 Å². The quantitative estimate of drug-likeness (QED) is 0.0858. The van der Waals surface area contributed by atoms with Crippen molar-refractivity contribution in [3.8, 4) is 0 Å². The highest BCUT2D eigenvalue weighted by molar-refractivity contribution is 7.89. The van der Waals surface area contributed by atoms with Gasteiger partial charge in [0.15, 0.2) is 0 Å². The second kappa shape index (κ2) is 22.1. The van der Waals surface area contributed by atoms with Gasteiger partial charge < -0.3 is 37.0 Å². The van der Waals surface area contributed by atoms with Gasteiger partial charge in [0.1, 0.15) is 18.1 Å². The molecule has 0 radical (unpaired) electrons. The molecule has 1 saturated carbocycles. The molecule has 6 amide bonds. The highest BCUT2D eigenvalue weighted by Gasteiger charge is 2.46. The summed E-state index contributed by atoms with van der Waals surface area (Å²) in [5.41, 5.74) is 5.00. The first-order valence-electron chi connectivity index (χ1n) is 20.6. The lowest BCUT2D eigenvalue weighted by Crippen LogP contribution is -2.58. The summed E-state index contributed by atoms with van der Waals surface area (Å²) in [6.07, 6.45) is 3.16. The lowest BCUT2D eigenvalue weighted by molar-refractivity contribution is -0.143. The van der Waals surface area contributed by atoms with Crippen molar-refractivity contribution >= 4 is 80.4 Å². The third-order valence-corrected chi connectivity index (χ3v) is 13.3. The fraction of sp³-hybridized carbons (Fsp3) is 0.395. The zero-order valence-electron chi connectivity index (χ0n) is 34.7. The van der Waals surface area contributed by atoms with Gasteiger partial charge >= 0.3 is 5.97 Å². The van der Waals surface area contributed by atoms with Crippen LogP contribution in [0.15, 0.2) is 77.7 Å². The van der Waals surface area contributed by atoms with Crippen molar-refractivity contribution in [1.82, 2.24) is 30.9 Å². The van der Waals surface area contributed by atoms with Crippen LogP contribution in [0.3, 0.4) is 0 Å². The monoisotopic (exact) mass is 941 g/mol. The van der Waals surface area contributed by atoms with Gasteiger partial charge in [-0.2, -0.15) is 0 Å². The van der Waals surface area contributed by atoms with E-state index in [1.165, 1.54) is 24.3 Å². The number of nitrogens with one attached hydrogen (secondary N) is 5. The Bertz CT molecular complexity index is 2370. The first-order chi connectivity index (χ1) is 30.4. The van der Waals surface area contributed by atoms with E-state index in [0.717, 1.165) is 23.5 Å². The molecule has 64 heavy (non-hydrogen) atoms. The Labute approximate surface area is 379 Å². The number of carbonyl (C=O) groups excluding carboxylic acids is 7. The normalized spacial score (nSPS) is 17.9. The largest absolute Gasteiger partial charge is 0.478 e. The maximum atomic E-state index is 14.9. The number of carbonyl (C=O) groups is 8. The first-order valence-corrected chi connectivity index (χ1v) is 22.8. The number of rotatable bonds is 19. The molecular formula is C43H49Cl2N7O11S. The predicted octanol–water partition coefficient (Wildman–Crippen LogP) is 2.63. The Morgan fingerprint density at radius 3 is 2.05 bits per heavy atom. The van der Waals surface area contributed by atoms with Crippen LogP contribution in [0.4, 0.5) is 0 Å². The summed E-state index contributed by atoms with van der Waals surface area (Å²) in [7, 11) is -4.19. The van der Waals surface area contributed by atoms with E-state index in [9.17, 15) is 51.9 Å². The molecule has 3 aromatic carbocycles. The fourth-order valence-electron chi connectivity index (χ4n) is 7.87. The number of carboxylic acids is 1. The summed E-state index contributed by atoms with van der Waals surface area (Å²) >= 11 is 12.2. The number of likely N-dealkylation sites (tertiary alicyclic amines) is 1. The van der Waals surface area contributed by atoms with Crippen molar-refractivity contribution in [1.29, 1.82) is 0 Å². The average Bonchev–Trinajstić information content (AvgIpc) is 3.70. The van der Waals surface area contributed by atoms with E-state index in [2.05, 4.69) is 26.0 Å². The molecule has 1 heterocycles. The van der Waals surface area contributed by atoms with E-state index >= 15 is 0 Å². The maximum absolute atomic E-state index is 14.9. The molecule has 5 atom stereocenters. The molecule has 21 heteroatoms. The van der Waals surface area contributed by atoms with Crippen LogP contribution in [0.2, 0.25) is 10.0 Å². The number of aromatic carboxylic acids is 1. The lowest BCUT2D eigenvalue weighted by atomic mass is 9.83. The summed E-state index contributed by atoms with van der Waals surface area (Å²) in [6.45, 7) is 0.602. The molecule has 0 spiro atoms. The number of sulfonamides is 1. The standard InChI is InChI=1S/C43H49Cl2N7O11S/c1-2-12-32(37(54)41(58)47-22-34(53)49-35(38(46)55)24-13-6-3-7-14-24)48-40(57)33-19-26(51-64(62,63)27-17-10-5-11-18-27)23-52(33)42(59)36(25-15-8-4-9-16-25)50-39(56)28-20-30(44)31(45)21-29(28)43(60)61/h3,5-7,10-11,13-14,17-18,20-21,25-26,32-33,35-36,51H,2,4,8-9,12,15-16,19,22-23H2,1H3,(H2,46,55)(H,47,58)(H,48,57)(H,49,53)(H,50,56)(H,60,61). The zero-order valence-corrected chi connectivity index (χ0v) is 37.0. The van der Waals surface area contributed by atoms with Gasteiger partial charge in [-0.25, -0.2) is 17.9 Å². The molecule has 0 bridgehead atoms. The van der Waals surface area contributed by atoms with Crippen molar-refractivity contribution in [3.05, 3.63) is 99.5 Å². The minimum atomic E-state index is -4.19. The van der Waals surface area contributed by atoms with E-state index in [4.69, 9.17) is 28.9 Å². The third kappa shape index (κ3) is 12.4. The number of carboxylic acid groups (broad SMARTS) is 1. The third-order valence-electron chi connectivity index (χ3n) is 11.0. The van der Waals surface area contributed by atoms with Gasteiger partial charge in [-0.15, -0.1) is 0 Å². The number of amides is 6. The molecule has 2 aliphatic rings. The van der Waals surface area contributed by atoms with Crippen LogP contribution in [0.1, 0.15) is 90.6 Å². The number of primary amides is 1. The molecule has 5 unspecified atom stereocenters. The summed E-state index contributed by atoms with van der Waals surface area (Å²) in [4.78, 5) is 108. The Hall–Kier alpha value is -5.89. The highest BCUT2D eigenvalue weighted by atomic mass is 35.5. The predicted molar refractivity (Wildman–Crippen MR) is 233 cm³/mol. The van der Waals surface area contributed by atoms with Crippen LogP contribution in [0.5, 0.6) is 0 Å². The summed E-state index contributed by atoms with van der Waals surface area (Å²) < 4.78 is 29.5. The Morgan fingerprint density at radius 1 is 0.844 bits per heavy atom. The van der Waals surface area contributed by atoms with E-state index in [-0.39, 0.29) is 46.3 Å². The van der Waals surface area contributed by atoms with Crippen LogP contribution in [0.25, 0.3) is 0 Å². The van der Waals surface area contributed by atoms with Gasteiger partial charge in [0.25, 0.3) is 11.8 Å². The Balaban J connectivity index is 1.39. The number of nitrogens with zero attached hydrogens (tertiary/aromatic N) is 1. The average molecular weight is 943 g/mol. The van der Waals surface area contributed by atoms with Crippen LogP contribution in [-0.2, 0) is 38.8 Å². The molecule has 342 valence electrons. The minimum Gasteiger partial charge on any atom is -0.478 e. The maximum Gasteiger partial charge on any atom is 0.336 e. The molecule has 0 aromatic heterocycles. The number of benzene rings is 3. The molecule has 5 rings (SSSR count). The summed E-state index contributed by atoms with van der Waals surface area (Å²) in [6, 6.07) is 11.1. The molecule has 3 aromatic rings. The second-order valence-electron chi connectivity index (χ2n) is 15.5. The zero-order chi connectivity index (χ0) is 46.7.